The van der Waals surface area contributed by atoms with Crippen LogP contribution in [0.15, 0.2) is 37.1 Å². The van der Waals surface area contributed by atoms with Crippen LogP contribution in [0.25, 0.3) is 6.08 Å². The Balaban J connectivity index is 2.39. The summed E-state index contributed by atoms with van der Waals surface area (Å²) in [4.78, 5) is 7.77. The molecule has 2 aromatic rings. The van der Waals surface area contributed by atoms with E-state index in [2.05, 4.69) is 39.1 Å². The highest BCUT2D eigenvalue weighted by Gasteiger charge is 2.10. The zero-order chi connectivity index (χ0) is 15.4. The van der Waals surface area contributed by atoms with Gasteiger partial charge < -0.3 is 16.2 Å². The molecule has 21 heavy (non-hydrogen) atoms. The molecule has 0 bridgehead atoms. The topological polar surface area (TPSA) is 87.0 Å². The van der Waals surface area contributed by atoms with Gasteiger partial charge in [-0.2, -0.15) is 4.98 Å². The third-order valence-corrected chi connectivity index (χ3v) is 3.60. The van der Waals surface area contributed by atoms with Gasteiger partial charge in [-0.25, -0.2) is 4.98 Å². The average molecular weight is 394 g/mol. The Hall–Kier alpha value is -2.09. The molecule has 6 heteroatoms. The van der Waals surface area contributed by atoms with Crippen molar-refractivity contribution in [3.63, 3.8) is 0 Å². The molecule has 0 saturated carbocycles. The molecule has 0 unspecified atom stereocenters. The smallest absolute Gasteiger partial charge is 0.222 e. The molecule has 0 fully saturated rings. The van der Waals surface area contributed by atoms with Crippen molar-refractivity contribution in [2.24, 2.45) is 0 Å². The van der Waals surface area contributed by atoms with E-state index >= 15 is 0 Å². The zero-order valence-electron chi connectivity index (χ0n) is 11.5. The van der Waals surface area contributed by atoms with Crippen molar-refractivity contribution < 1.29 is 4.74 Å². The van der Waals surface area contributed by atoms with Gasteiger partial charge >= 0.3 is 0 Å². The summed E-state index contributed by atoms with van der Waals surface area (Å²) in [7, 11) is 0. The van der Waals surface area contributed by atoms with E-state index in [4.69, 9.17) is 16.2 Å². The summed E-state index contributed by atoms with van der Waals surface area (Å²) < 4.78 is 6.77. The van der Waals surface area contributed by atoms with Crippen LogP contribution in [0.1, 0.15) is 11.1 Å². The van der Waals surface area contributed by atoms with E-state index in [1.807, 2.05) is 31.2 Å². The molecule has 0 radical (unpaired) electrons. The van der Waals surface area contributed by atoms with Gasteiger partial charge in [-0.15, -0.1) is 0 Å². The molecule has 0 amide bonds. The number of hydrogen-bond donors (Lipinski definition) is 2. The molecule has 0 saturated heterocycles. The molecule has 2 rings (SSSR count). The number of nitrogens with zero attached hydrogens (tertiary/aromatic N) is 2. The van der Waals surface area contributed by atoms with Crippen molar-refractivity contribution in [1.82, 2.24) is 9.97 Å². The fourth-order valence-electron chi connectivity index (χ4n) is 1.69. The first kappa shape index (κ1) is 15.3. The van der Waals surface area contributed by atoms with Gasteiger partial charge in [0.2, 0.25) is 5.95 Å². The van der Waals surface area contributed by atoms with Crippen LogP contribution >= 0.6 is 22.6 Å². The maximum absolute atomic E-state index is 5.80. The number of allylic oxidation sites excluding steroid dienone is 2. The minimum absolute atomic E-state index is 0.119. The number of nitrogen functional groups attached to an aromatic ring is 2. The SMILES string of the molecule is C=C/C=C/c1cc(Oc2cnc(N)nc2N)c(I)cc1C. The van der Waals surface area contributed by atoms with Crippen LogP contribution in [0, 0.1) is 10.5 Å². The highest BCUT2D eigenvalue weighted by Crippen LogP contribution is 2.32. The quantitative estimate of drug-likeness (QED) is 0.612. The van der Waals surface area contributed by atoms with Gasteiger partial charge in [-0.1, -0.05) is 24.8 Å². The number of aromatic nitrogens is 2. The van der Waals surface area contributed by atoms with Gasteiger partial charge in [-0.3, -0.25) is 0 Å². The second kappa shape index (κ2) is 6.57. The summed E-state index contributed by atoms with van der Waals surface area (Å²) in [5.74, 6) is 1.39. The lowest BCUT2D eigenvalue weighted by atomic mass is 10.1. The number of hydrogen-bond acceptors (Lipinski definition) is 5. The van der Waals surface area contributed by atoms with E-state index < -0.39 is 0 Å². The van der Waals surface area contributed by atoms with E-state index in [1.54, 1.807) is 6.08 Å². The van der Waals surface area contributed by atoms with Crippen molar-refractivity contribution in [1.29, 1.82) is 0 Å². The Morgan fingerprint density at radius 3 is 2.71 bits per heavy atom. The Morgan fingerprint density at radius 2 is 2.05 bits per heavy atom. The molecule has 1 aromatic carbocycles. The molecule has 1 heterocycles. The summed E-state index contributed by atoms with van der Waals surface area (Å²) in [5.41, 5.74) is 13.4. The van der Waals surface area contributed by atoms with Crippen LogP contribution in [0.5, 0.6) is 11.5 Å². The normalized spacial score (nSPS) is 10.8. The van der Waals surface area contributed by atoms with Crippen molar-refractivity contribution >= 4 is 40.4 Å². The number of anilines is 2. The van der Waals surface area contributed by atoms with Crippen LogP contribution in [0.4, 0.5) is 11.8 Å². The zero-order valence-corrected chi connectivity index (χ0v) is 13.7. The second-order valence-electron chi connectivity index (χ2n) is 4.31. The summed E-state index contributed by atoms with van der Waals surface area (Å²) >= 11 is 2.21. The van der Waals surface area contributed by atoms with E-state index in [-0.39, 0.29) is 11.8 Å². The first-order valence-corrected chi connectivity index (χ1v) is 7.24. The Morgan fingerprint density at radius 1 is 1.29 bits per heavy atom. The van der Waals surface area contributed by atoms with Gasteiger partial charge in [0.05, 0.1) is 9.77 Å². The van der Waals surface area contributed by atoms with E-state index in [1.165, 1.54) is 6.20 Å². The summed E-state index contributed by atoms with van der Waals surface area (Å²) in [6, 6.07) is 3.97. The van der Waals surface area contributed by atoms with Crippen LogP contribution in [-0.4, -0.2) is 9.97 Å². The Bertz CT molecular complexity index is 713. The molecular weight excluding hydrogens is 379 g/mol. The highest BCUT2D eigenvalue weighted by atomic mass is 127. The number of aryl methyl sites for hydroxylation is 1. The van der Waals surface area contributed by atoms with Gasteiger partial charge in [0.25, 0.3) is 0 Å². The number of halogens is 1. The molecule has 108 valence electrons. The molecule has 0 aliphatic heterocycles. The van der Waals surface area contributed by atoms with Crippen molar-refractivity contribution in [3.8, 4) is 11.5 Å². The van der Waals surface area contributed by atoms with Gasteiger partial charge in [-0.05, 0) is 52.8 Å². The third-order valence-electron chi connectivity index (χ3n) is 2.75. The summed E-state index contributed by atoms with van der Waals surface area (Å²) in [5, 5.41) is 0. The molecule has 0 aliphatic carbocycles. The molecule has 0 aliphatic rings. The Labute approximate surface area is 136 Å². The number of nitrogens with two attached hydrogens (primary N) is 2. The molecular formula is C15H15IN4O. The number of ether oxygens (including phenoxy) is 1. The van der Waals surface area contributed by atoms with Gasteiger partial charge in [0.1, 0.15) is 5.75 Å². The number of benzene rings is 1. The number of rotatable bonds is 4. The molecule has 1 aromatic heterocycles. The summed E-state index contributed by atoms with van der Waals surface area (Å²) in [6.45, 7) is 5.71. The van der Waals surface area contributed by atoms with Crippen LogP contribution in [0.2, 0.25) is 0 Å². The highest BCUT2D eigenvalue weighted by molar-refractivity contribution is 14.1. The van der Waals surface area contributed by atoms with Crippen molar-refractivity contribution in [2.75, 3.05) is 11.5 Å². The molecule has 4 N–H and O–H groups in total. The predicted octanol–water partition coefficient (Wildman–Crippen LogP) is 3.55. The first-order valence-electron chi connectivity index (χ1n) is 6.16. The fourth-order valence-corrected chi connectivity index (χ4v) is 2.43. The minimum atomic E-state index is 0.119. The van der Waals surface area contributed by atoms with E-state index in [0.717, 1.165) is 14.7 Å². The molecule has 0 atom stereocenters. The van der Waals surface area contributed by atoms with Gasteiger partial charge in [0, 0.05) is 0 Å². The van der Waals surface area contributed by atoms with E-state index in [0.29, 0.717) is 11.5 Å². The summed E-state index contributed by atoms with van der Waals surface area (Å²) in [6.07, 6.45) is 7.03. The van der Waals surface area contributed by atoms with Gasteiger partial charge in [0.15, 0.2) is 11.6 Å². The van der Waals surface area contributed by atoms with Crippen LogP contribution in [0.3, 0.4) is 0 Å². The Kier molecular flexibility index (Phi) is 4.79. The lowest BCUT2D eigenvalue weighted by Crippen LogP contribution is -2.02. The largest absolute Gasteiger partial charge is 0.451 e. The molecule has 5 nitrogen and oxygen atoms in total. The first-order chi connectivity index (χ1) is 10.0. The van der Waals surface area contributed by atoms with Crippen LogP contribution in [-0.2, 0) is 0 Å². The maximum atomic E-state index is 5.80. The maximum Gasteiger partial charge on any atom is 0.222 e. The van der Waals surface area contributed by atoms with Crippen molar-refractivity contribution in [2.45, 2.75) is 6.92 Å². The van der Waals surface area contributed by atoms with E-state index in [9.17, 15) is 0 Å². The molecule has 0 spiro atoms. The monoisotopic (exact) mass is 394 g/mol. The predicted molar refractivity (Wildman–Crippen MR) is 94.1 cm³/mol. The standard InChI is InChI=1S/C15H15IN4O/c1-3-4-5-10-7-12(11(16)6-9(10)2)21-13-8-19-15(18)20-14(13)17/h3-8H,1H2,2H3,(H4,17,18,19,20)/b5-4+. The van der Waals surface area contributed by atoms with Crippen LogP contribution < -0.4 is 16.2 Å². The average Bonchev–Trinajstić information content (AvgIpc) is 2.43. The minimum Gasteiger partial charge on any atom is -0.451 e. The lowest BCUT2D eigenvalue weighted by molar-refractivity contribution is 0.477. The second-order valence-corrected chi connectivity index (χ2v) is 5.48. The van der Waals surface area contributed by atoms with Crippen molar-refractivity contribution in [3.05, 3.63) is 51.8 Å². The third kappa shape index (κ3) is 3.72. The fraction of sp³-hybridized carbons (Fsp3) is 0.0667. The lowest BCUT2D eigenvalue weighted by Gasteiger charge is -2.11.